The van der Waals surface area contributed by atoms with Gasteiger partial charge in [0.15, 0.2) is 0 Å². The normalized spacial score (nSPS) is 27.8. The Morgan fingerprint density at radius 2 is 2.62 bits per heavy atom. The molecule has 8 heavy (non-hydrogen) atoms. The SMILES string of the molecule is O=[C]OC1CCNC1. The smallest absolute Gasteiger partial charge is 0.417 e. The van der Waals surface area contributed by atoms with Gasteiger partial charge in [-0.25, -0.2) is 4.79 Å². The first-order chi connectivity index (χ1) is 3.93. The third-order valence-corrected chi connectivity index (χ3v) is 1.23. The average Bonchev–Trinajstić information content (AvgIpc) is 2.19. The Balaban J connectivity index is 2.14. The highest BCUT2D eigenvalue weighted by atomic mass is 16.5. The van der Waals surface area contributed by atoms with Crippen LogP contribution in [0.2, 0.25) is 0 Å². The topological polar surface area (TPSA) is 38.3 Å². The highest BCUT2D eigenvalue weighted by molar-refractivity contribution is 5.38. The van der Waals surface area contributed by atoms with Gasteiger partial charge in [0.2, 0.25) is 0 Å². The second-order valence-corrected chi connectivity index (χ2v) is 1.82. The van der Waals surface area contributed by atoms with E-state index in [-0.39, 0.29) is 6.10 Å². The molecule has 0 amide bonds. The minimum atomic E-state index is 0.0764. The van der Waals surface area contributed by atoms with Crippen molar-refractivity contribution in [3.8, 4) is 0 Å². The molecule has 0 aromatic carbocycles. The van der Waals surface area contributed by atoms with Crippen LogP contribution in [0.3, 0.4) is 0 Å². The fourth-order valence-corrected chi connectivity index (χ4v) is 0.797. The Hall–Kier alpha value is -0.570. The van der Waals surface area contributed by atoms with Crippen molar-refractivity contribution in [1.29, 1.82) is 0 Å². The number of carbonyl (C=O) groups excluding carboxylic acids is 1. The zero-order chi connectivity index (χ0) is 5.82. The maximum Gasteiger partial charge on any atom is 0.417 e. The van der Waals surface area contributed by atoms with Crippen LogP contribution in [-0.2, 0) is 9.53 Å². The molecule has 45 valence electrons. The molecule has 0 aliphatic carbocycles. The van der Waals surface area contributed by atoms with Crippen LogP contribution in [0, 0.1) is 0 Å². The molecule has 1 atom stereocenters. The quantitative estimate of drug-likeness (QED) is 0.522. The monoisotopic (exact) mass is 114 g/mol. The van der Waals surface area contributed by atoms with E-state index < -0.39 is 0 Å². The molecule has 0 spiro atoms. The van der Waals surface area contributed by atoms with Crippen molar-refractivity contribution in [2.45, 2.75) is 12.5 Å². The Kier molecular flexibility index (Phi) is 1.86. The van der Waals surface area contributed by atoms with Gasteiger partial charge < -0.3 is 10.1 Å². The van der Waals surface area contributed by atoms with Crippen molar-refractivity contribution in [1.82, 2.24) is 5.32 Å². The van der Waals surface area contributed by atoms with E-state index in [2.05, 4.69) is 10.1 Å². The van der Waals surface area contributed by atoms with E-state index in [0.29, 0.717) is 0 Å². The molecule has 1 aliphatic rings. The van der Waals surface area contributed by atoms with E-state index in [1.165, 1.54) is 6.47 Å². The third kappa shape index (κ3) is 1.20. The highest BCUT2D eigenvalue weighted by Gasteiger charge is 2.14. The molecule has 0 saturated carbocycles. The highest BCUT2D eigenvalue weighted by Crippen LogP contribution is 1.99. The van der Waals surface area contributed by atoms with Gasteiger partial charge in [-0.1, -0.05) is 0 Å². The predicted octanol–water partition coefficient (Wildman–Crippen LogP) is -0.568. The van der Waals surface area contributed by atoms with Gasteiger partial charge in [-0.2, -0.15) is 0 Å². The van der Waals surface area contributed by atoms with Crippen molar-refractivity contribution in [3.63, 3.8) is 0 Å². The first-order valence-electron chi connectivity index (χ1n) is 2.67. The second kappa shape index (κ2) is 2.67. The molecule has 3 heteroatoms. The first kappa shape index (κ1) is 5.56. The lowest BCUT2D eigenvalue weighted by Gasteiger charge is -2.01. The molecule has 1 aliphatic heterocycles. The second-order valence-electron chi connectivity index (χ2n) is 1.82. The van der Waals surface area contributed by atoms with Gasteiger partial charge >= 0.3 is 6.47 Å². The van der Waals surface area contributed by atoms with Crippen molar-refractivity contribution in [3.05, 3.63) is 0 Å². The van der Waals surface area contributed by atoms with Gasteiger partial charge in [0, 0.05) is 6.54 Å². The minimum absolute atomic E-state index is 0.0764. The van der Waals surface area contributed by atoms with Gasteiger partial charge in [0.25, 0.3) is 0 Å². The Labute approximate surface area is 48.0 Å². The molecule has 1 rings (SSSR count). The Morgan fingerprint density at radius 3 is 3.12 bits per heavy atom. The fourth-order valence-electron chi connectivity index (χ4n) is 0.797. The maximum absolute atomic E-state index is 9.59. The standard InChI is InChI=1S/C5H8NO2/c7-4-8-5-1-2-6-3-5/h5-6H,1-3H2. The largest absolute Gasteiger partial charge is 0.453 e. The van der Waals surface area contributed by atoms with E-state index >= 15 is 0 Å². The zero-order valence-corrected chi connectivity index (χ0v) is 4.52. The Bertz CT molecular complexity index is 78.5. The van der Waals surface area contributed by atoms with E-state index in [1.807, 2.05) is 0 Å². The van der Waals surface area contributed by atoms with Crippen LogP contribution in [0.4, 0.5) is 0 Å². The number of hydrogen-bond acceptors (Lipinski definition) is 3. The summed E-state index contributed by atoms with van der Waals surface area (Å²) in [5.74, 6) is 0. The van der Waals surface area contributed by atoms with E-state index in [9.17, 15) is 4.79 Å². The molecule has 1 heterocycles. The molecule has 1 fully saturated rings. The summed E-state index contributed by atoms with van der Waals surface area (Å²) in [6.07, 6.45) is 1.00. The third-order valence-electron chi connectivity index (χ3n) is 1.23. The zero-order valence-electron chi connectivity index (χ0n) is 4.52. The van der Waals surface area contributed by atoms with Crippen LogP contribution < -0.4 is 5.32 Å². The van der Waals surface area contributed by atoms with Crippen molar-refractivity contribution >= 4 is 6.47 Å². The molecular formula is C5H8NO2. The molecule has 0 aromatic rings. The summed E-state index contributed by atoms with van der Waals surface area (Å²) >= 11 is 0. The van der Waals surface area contributed by atoms with Crippen LogP contribution in [0.15, 0.2) is 0 Å². The number of ether oxygens (including phenoxy) is 1. The summed E-state index contributed by atoms with van der Waals surface area (Å²) in [4.78, 5) is 9.59. The Morgan fingerprint density at radius 1 is 1.75 bits per heavy atom. The van der Waals surface area contributed by atoms with Crippen LogP contribution >= 0.6 is 0 Å². The van der Waals surface area contributed by atoms with Crippen LogP contribution in [0.1, 0.15) is 6.42 Å². The van der Waals surface area contributed by atoms with Gasteiger partial charge in [-0.3, -0.25) is 0 Å². The number of hydrogen-bond donors (Lipinski definition) is 1. The lowest BCUT2D eigenvalue weighted by molar-refractivity contribution is 0.195. The average molecular weight is 114 g/mol. The van der Waals surface area contributed by atoms with Crippen molar-refractivity contribution in [2.24, 2.45) is 0 Å². The summed E-state index contributed by atoms with van der Waals surface area (Å²) < 4.78 is 4.53. The summed E-state index contributed by atoms with van der Waals surface area (Å²) in [6, 6.07) is 0. The van der Waals surface area contributed by atoms with Gasteiger partial charge in [0.05, 0.1) is 0 Å². The molecule has 1 N–H and O–H groups in total. The van der Waals surface area contributed by atoms with Crippen molar-refractivity contribution < 1.29 is 9.53 Å². The van der Waals surface area contributed by atoms with Crippen molar-refractivity contribution in [2.75, 3.05) is 13.1 Å². The summed E-state index contributed by atoms with van der Waals surface area (Å²) in [5.41, 5.74) is 0. The summed E-state index contributed by atoms with van der Waals surface area (Å²) in [7, 11) is 0. The molecule has 1 saturated heterocycles. The fraction of sp³-hybridized carbons (Fsp3) is 0.800. The van der Waals surface area contributed by atoms with Gasteiger partial charge in [-0.05, 0) is 13.0 Å². The number of nitrogens with one attached hydrogen (secondary N) is 1. The lowest BCUT2D eigenvalue weighted by Crippen LogP contribution is -2.15. The van der Waals surface area contributed by atoms with Gasteiger partial charge in [-0.15, -0.1) is 0 Å². The maximum atomic E-state index is 9.59. The molecule has 0 aromatic heterocycles. The molecule has 3 nitrogen and oxygen atoms in total. The van der Waals surface area contributed by atoms with Crippen LogP contribution in [0.25, 0.3) is 0 Å². The van der Waals surface area contributed by atoms with E-state index in [0.717, 1.165) is 19.5 Å². The molecular weight excluding hydrogens is 106 g/mol. The summed E-state index contributed by atoms with van der Waals surface area (Å²) in [5, 5.41) is 3.05. The molecule has 0 bridgehead atoms. The summed E-state index contributed by atoms with van der Waals surface area (Å²) in [6.45, 7) is 3.16. The molecule has 1 radical (unpaired) electrons. The minimum Gasteiger partial charge on any atom is -0.453 e. The van der Waals surface area contributed by atoms with E-state index in [4.69, 9.17) is 0 Å². The van der Waals surface area contributed by atoms with Crippen LogP contribution in [-0.4, -0.2) is 25.7 Å². The lowest BCUT2D eigenvalue weighted by atomic mass is 10.3. The van der Waals surface area contributed by atoms with E-state index in [1.54, 1.807) is 0 Å². The first-order valence-corrected chi connectivity index (χ1v) is 2.67. The predicted molar refractivity (Wildman–Crippen MR) is 28.1 cm³/mol. The van der Waals surface area contributed by atoms with Gasteiger partial charge in [0.1, 0.15) is 6.10 Å². The van der Waals surface area contributed by atoms with Crippen LogP contribution in [0.5, 0.6) is 0 Å². The molecule has 1 unspecified atom stereocenters. The number of rotatable bonds is 2.